The van der Waals surface area contributed by atoms with E-state index in [-0.39, 0.29) is 21.7 Å². The second-order valence-electron chi connectivity index (χ2n) is 4.70. The van der Waals surface area contributed by atoms with Crippen molar-refractivity contribution in [1.29, 1.82) is 0 Å². The zero-order valence-electron chi connectivity index (χ0n) is 11.8. The minimum Gasteiger partial charge on any atom is -0.366 e. The fraction of sp³-hybridized carbons (Fsp3) is 0. The maximum atomic E-state index is 12.7. The number of fused-ring (bicyclic) bond motifs is 1. The monoisotopic (exact) mass is 328 g/mol. The minimum atomic E-state index is -3.96. The van der Waals surface area contributed by atoms with Gasteiger partial charge in [-0.2, -0.15) is 0 Å². The van der Waals surface area contributed by atoms with Crippen molar-refractivity contribution in [2.24, 2.45) is 5.73 Å². The van der Waals surface area contributed by atoms with Gasteiger partial charge in [0.15, 0.2) is 0 Å². The van der Waals surface area contributed by atoms with E-state index in [1.54, 1.807) is 24.3 Å². The average Bonchev–Trinajstić information content (AvgIpc) is 2.54. The van der Waals surface area contributed by atoms with Crippen LogP contribution in [-0.4, -0.2) is 24.3 Å². The first-order valence-electron chi connectivity index (χ1n) is 6.60. The second-order valence-corrected chi connectivity index (χ2v) is 6.35. The van der Waals surface area contributed by atoms with Gasteiger partial charge in [-0.1, -0.05) is 18.2 Å². The van der Waals surface area contributed by atoms with Crippen LogP contribution in [0.5, 0.6) is 0 Å². The Balaban J connectivity index is 2.11. The Bertz CT molecular complexity index is 997. The SMILES string of the molecule is NC(=O)c1ccccc1NS(=O)(=O)c1cccc2nccnc12. The molecular formula is C15H12N4O3S. The highest BCUT2D eigenvalue weighted by molar-refractivity contribution is 7.93. The normalized spacial score (nSPS) is 11.3. The summed E-state index contributed by atoms with van der Waals surface area (Å²) in [6, 6.07) is 10.8. The van der Waals surface area contributed by atoms with E-state index in [4.69, 9.17) is 5.73 Å². The molecule has 1 aromatic heterocycles. The first-order chi connectivity index (χ1) is 11.0. The van der Waals surface area contributed by atoms with E-state index in [0.717, 1.165) is 0 Å². The predicted molar refractivity (Wildman–Crippen MR) is 85.3 cm³/mol. The van der Waals surface area contributed by atoms with Crippen LogP contribution in [0.4, 0.5) is 5.69 Å². The van der Waals surface area contributed by atoms with Crippen LogP contribution in [0.2, 0.25) is 0 Å². The number of sulfonamides is 1. The van der Waals surface area contributed by atoms with E-state index in [2.05, 4.69) is 14.7 Å². The van der Waals surface area contributed by atoms with Gasteiger partial charge in [-0.25, -0.2) is 8.42 Å². The molecule has 0 spiro atoms. The third-order valence-corrected chi connectivity index (χ3v) is 4.59. The fourth-order valence-corrected chi connectivity index (χ4v) is 3.42. The zero-order chi connectivity index (χ0) is 16.4. The van der Waals surface area contributed by atoms with Crippen molar-refractivity contribution < 1.29 is 13.2 Å². The smallest absolute Gasteiger partial charge is 0.264 e. The summed E-state index contributed by atoms with van der Waals surface area (Å²) in [7, 11) is -3.96. The highest BCUT2D eigenvalue weighted by Crippen LogP contribution is 2.23. The number of carbonyl (C=O) groups is 1. The number of aromatic nitrogens is 2. The van der Waals surface area contributed by atoms with Crippen LogP contribution in [0.1, 0.15) is 10.4 Å². The van der Waals surface area contributed by atoms with Gasteiger partial charge in [-0.05, 0) is 24.3 Å². The molecular weight excluding hydrogens is 316 g/mol. The number of benzene rings is 2. The molecule has 2 aromatic carbocycles. The van der Waals surface area contributed by atoms with Crippen LogP contribution in [-0.2, 0) is 10.0 Å². The van der Waals surface area contributed by atoms with Gasteiger partial charge in [0.2, 0.25) is 0 Å². The quantitative estimate of drug-likeness (QED) is 0.753. The van der Waals surface area contributed by atoms with Crippen LogP contribution in [0, 0.1) is 0 Å². The lowest BCUT2D eigenvalue weighted by molar-refractivity contribution is 0.100. The first kappa shape index (κ1) is 14.9. The number of hydrogen-bond donors (Lipinski definition) is 2. The Morgan fingerprint density at radius 2 is 1.74 bits per heavy atom. The van der Waals surface area contributed by atoms with Gasteiger partial charge in [0.1, 0.15) is 10.4 Å². The van der Waals surface area contributed by atoms with E-state index >= 15 is 0 Å². The Morgan fingerprint density at radius 3 is 2.52 bits per heavy atom. The lowest BCUT2D eigenvalue weighted by Crippen LogP contribution is -2.19. The molecule has 3 aromatic rings. The molecule has 1 heterocycles. The molecule has 0 unspecified atom stereocenters. The average molecular weight is 328 g/mol. The summed E-state index contributed by atoms with van der Waals surface area (Å²) in [5.74, 6) is -0.721. The molecule has 0 aliphatic carbocycles. The number of anilines is 1. The van der Waals surface area contributed by atoms with Crippen LogP contribution < -0.4 is 10.5 Å². The van der Waals surface area contributed by atoms with Crippen LogP contribution >= 0.6 is 0 Å². The zero-order valence-corrected chi connectivity index (χ0v) is 12.6. The molecule has 0 atom stereocenters. The largest absolute Gasteiger partial charge is 0.366 e. The molecule has 1 amide bonds. The number of nitrogens with two attached hydrogens (primary N) is 1. The van der Waals surface area contributed by atoms with E-state index < -0.39 is 15.9 Å². The standard InChI is InChI=1S/C15H12N4O3S/c16-15(20)10-4-1-2-5-11(10)19-23(21,22)13-7-3-6-12-14(13)18-9-8-17-12/h1-9,19H,(H2,16,20). The van der Waals surface area contributed by atoms with E-state index in [1.165, 1.54) is 30.6 Å². The fourth-order valence-electron chi connectivity index (χ4n) is 2.17. The number of nitrogens with one attached hydrogen (secondary N) is 1. The third-order valence-electron chi connectivity index (χ3n) is 3.19. The predicted octanol–water partition coefficient (Wildman–Crippen LogP) is 1.53. The molecule has 8 heteroatoms. The van der Waals surface area contributed by atoms with E-state index in [0.29, 0.717) is 5.52 Å². The van der Waals surface area contributed by atoms with Gasteiger partial charge in [-0.15, -0.1) is 0 Å². The Hall–Kier alpha value is -3.00. The molecule has 0 fully saturated rings. The topological polar surface area (TPSA) is 115 Å². The van der Waals surface area contributed by atoms with Crippen LogP contribution in [0.15, 0.2) is 59.8 Å². The molecule has 0 aliphatic rings. The van der Waals surface area contributed by atoms with Crippen LogP contribution in [0.25, 0.3) is 11.0 Å². The highest BCUT2D eigenvalue weighted by atomic mass is 32.2. The van der Waals surface area contributed by atoms with Gasteiger partial charge < -0.3 is 5.73 Å². The minimum absolute atomic E-state index is 0.0256. The molecule has 116 valence electrons. The number of amides is 1. The van der Waals surface area contributed by atoms with Crippen molar-refractivity contribution in [3.8, 4) is 0 Å². The van der Waals surface area contributed by atoms with Crippen molar-refractivity contribution in [2.45, 2.75) is 4.90 Å². The lowest BCUT2D eigenvalue weighted by Gasteiger charge is -2.11. The summed E-state index contributed by atoms with van der Waals surface area (Å²) in [6.45, 7) is 0. The van der Waals surface area contributed by atoms with Gasteiger partial charge in [0.25, 0.3) is 15.9 Å². The maximum Gasteiger partial charge on any atom is 0.264 e. The lowest BCUT2D eigenvalue weighted by atomic mass is 10.2. The highest BCUT2D eigenvalue weighted by Gasteiger charge is 2.20. The van der Waals surface area contributed by atoms with Gasteiger partial charge in [-0.3, -0.25) is 19.5 Å². The molecule has 0 bridgehead atoms. The van der Waals surface area contributed by atoms with Crippen molar-refractivity contribution in [2.75, 3.05) is 4.72 Å². The maximum absolute atomic E-state index is 12.7. The molecule has 0 aliphatic heterocycles. The van der Waals surface area contributed by atoms with Crippen molar-refractivity contribution in [3.05, 3.63) is 60.4 Å². The Morgan fingerprint density at radius 1 is 1.00 bits per heavy atom. The summed E-state index contributed by atoms with van der Waals surface area (Å²) in [5.41, 5.74) is 6.17. The first-order valence-corrected chi connectivity index (χ1v) is 8.09. The summed E-state index contributed by atoms with van der Waals surface area (Å²) >= 11 is 0. The number of primary amides is 1. The number of para-hydroxylation sites is 2. The Kier molecular flexibility index (Phi) is 3.67. The van der Waals surface area contributed by atoms with Gasteiger partial charge >= 0.3 is 0 Å². The summed E-state index contributed by atoms with van der Waals surface area (Å²) in [6.07, 6.45) is 2.90. The molecule has 3 rings (SSSR count). The molecule has 0 saturated carbocycles. The molecule has 7 nitrogen and oxygen atoms in total. The number of rotatable bonds is 4. The van der Waals surface area contributed by atoms with Crippen molar-refractivity contribution in [1.82, 2.24) is 9.97 Å². The molecule has 3 N–H and O–H groups in total. The summed E-state index contributed by atoms with van der Waals surface area (Å²) < 4.78 is 27.7. The Labute approximate surface area is 132 Å². The van der Waals surface area contributed by atoms with Gasteiger partial charge in [0, 0.05) is 12.4 Å². The van der Waals surface area contributed by atoms with Crippen molar-refractivity contribution in [3.63, 3.8) is 0 Å². The van der Waals surface area contributed by atoms with Crippen molar-refractivity contribution >= 4 is 32.7 Å². The number of nitrogens with zero attached hydrogens (tertiary/aromatic N) is 2. The summed E-state index contributed by atoms with van der Waals surface area (Å²) in [5, 5.41) is 0. The van der Waals surface area contributed by atoms with E-state index in [1.807, 2.05) is 0 Å². The van der Waals surface area contributed by atoms with Crippen LogP contribution in [0.3, 0.4) is 0 Å². The third kappa shape index (κ3) is 2.84. The number of hydrogen-bond acceptors (Lipinski definition) is 5. The molecule has 0 saturated heterocycles. The second kappa shape index (κ2) is 5.65. The van der Waals surface area contributed by atoms with Gasteiger partial charge in [0.05, 0.1) is 16.8 Å². The summed E-state index contributed by atoms with van der Waals surface area (Å²) in [4.78, 5) is 19.5. The van der Waals surface area contributed by atoms with E-state index in [9.17, 15) is 13.2 Å². The number of carbonyl (C=O) groups excluding carboxylic acids is 1. The molecule has 23 heavy (non-hydrogen) atoms. The molecule has 0 radical (unpaired) electrons.